The van der Waals surface area contributed by atoms with Crippen LogP contribution in [0.15, 0.2) is 48.8 Å². The molecule has 2 aromatic rings. The number of alkyl halides is 3. The predicted octanol–water partition coefficient (Wildman–Crippen LogP) is 2.98. The van der Waals surface area contributed by atoms with Crippen LogP contribution in [-0.2, 0) is 10.1 Å². The fourth-order valence-electron chi connectivity index (χ4n) is 1.45. The van der Waals surface area contributed by atoms with E-state index in [-0.39, 0.29) is 5.56 Å². The molecule has 0 saturated carbocycles. The molecule has 0 saturated heterocycles. The van der Waals surface area contributed by atoms with Crippen molar-refractivity contribution in [1.82, 2.24) is 4.98 Å². The van der Waals surface area contributed by atoms with Crippen LogP contribution in [0.3, 0.4) is 0 Å². The highest BCUT2D eigenvalue weighted by Gasteiger charge is 2.48. The average Bonchev–Trinajstić information content (AvgIpc) is 2.38. The van der Waals surface area contributed by atoms with Gasteiger partial charge in [0.2, 0.25) is 0 Å². The van der Waals surface area contributed by atoms with Crippen LogP contribution >= 0.6 is 0 Å². The Kier molecular flexibility index (Phi) is 3.67. The zero-order valence-corrected chi connectivity index (χ0v) is 10.6. The Morgan fingerprint density at radius 2 is 1.70 bits per heavy atom. The highest BCUT2D eigenvalue weighted by atomic mass is 32.2. The molecule has 0 aliphatic rings. The van der Waals surface area contributed by atoms with Gasteiger partial charge in [0.05, 0.1) is 0 Å². The summed E-state index contributed by atoms with van der Waals surface area (Å²) in [5.74, 6) is -0.427. The topological polar surface area (TPSA) is 56.3 Å². The standard InChI is InChI=1S/C12H8F3NO3S/c13-12(14,15)20(17,18)19-11-6-7-16-8-10(11)9-4-2-1-3-5-9/h1-8H. The largest absolute Gasteiger partial charge is 0.534 e. The van der Waals surface area contributed by atoms with Gasteiger partial charge in [-0.1, -0.05) is 30.3 Å². The first-order chi connectivity index (χ1) is 9.31. The highest BCUT2D eigenvalue weighted by molar-refractivity contribution is 7.88. The van der Waals surface area contributed by atoms with Crippen LogP contribution in [0.25, 0.3) is 11.1 Å². The second-order valence-corrected chi connectivity index (χ2v) is 5.26. The number of pyridine rings is 1. The molecule has 1 heterocycles. The van der Waals surface area contributed by atoms with Crippen molar-refractivity contribution in [3.63, 3.8) is 0 Å². The summed E-state index contributed by atoms with van der Waals surface area (Å²) in [7, 11) is -5.71. The summed E-state index contributed by atoms with van der Waals surface area (Å²) in [4.78, 5) is 3.76. The smallest absolute Gasteiger partial charge is 0.375 e. The molecule has 0 aliphatic carbocycles. The number of nitrogens with zero attached hydrogens (tertiary/aromatic N) is 1. The number of rotatable bonds is 3. The van der Waals surface area contributed by atoms with Crippen LogP contribution in [0, 0.1) is 0 Å². The minimum atomic E-state index is -5.71. The normalized spacial score (nSPS) is 12.2. The Bertz CT molecular complexity index is 699. The Morgan fingerprint density at radius 3 is 2.30 bits per heavy atom. The zero-order chi connectivity index (χ0) is 14.8. The minimum absolute atomic E-state index is 0.154. The summed E-state index contributed by atoms with van der Waals surface area (Å²) in [5.41, 5.74) is -4.83. The van der Waals surface area contributed by atoms with Gasteiger partial charge in [-0.05, 0) is 5.56 Å². The molecule has 106 valence electrons. The molecule has 0 aliphatic heterocycles. The molecular formula is C12H8F3NO3S. The van der Waals surface area contributed by atoms with E-state index >= 15 is 0 Å². The van der Waals surface area contributed by atoms with Crippen molar-refractivity contribution < 1.29 is 25.8 Å². The Balaban J connectivity index is 2.45. The van der Waals surface area contributed by atoms with E-state index in [9.17, 15) is 21.6 Å². The van der Waals surface area contributed by atoms with Crippen molar-refractivity contribution in [3.05, 3.63) is 48.8 Å². The van der Waals surface area contributed by atoms with E-state index in [0.717, 1.165) is 12.3 Å². The van der Waals surface area contributed by atoms with Crippen molar-refractivity contribution in [2.24, 2.45) is 0 Å². The summed E-state index contributed by atoms with van der Waals surface area (Å²) >= 11 is 0. The third-order valence-corrected chi connectivity index (χ3v) is 3.31. The van der Waals surface area contributed by atoms with Crippen LogP contribution in [0.5, 0.6) is 5.75 Å². The third-order valence-electron chi connectivity index (χ3n) is 2.35. The van der Waals surface area contributed by atoms with Crippen molar-refractivity contribution in [2.75, 3.05) is 0 Å². The molecule has 20 heavy (non-hydrogen) atoms. The van der Waals surface area contributed by atoms with Crippen LogP contribution in [0.4, 0.5) is 13.2 Å². The van der Waals surface area contributed by atoms with Crippen LogP contribution in [-0.4, -0.2) is 18.9 Å². The lowest BCUT2D eigenvalue weighted by Crippen LogP contribution is -2.28. The van der Waals surface area contributed by atoms with Crippen molar-refractivity contribution in [3.8, 4) is 16.9 Å². The molecule has 1 aromatic heterocycles. The van der Waals surface area contributed by atoms with Crippen molar-refractivity contribution >= 4 is 10.1 Å². The summed E-state index contributed by atoms with van der Waals surface area (Å²) < 4.78 is 63.2. The molecule has 2 rings (SSSR count). The van der Waals surface area contributed by atoms with E-state index in [2.05, 4.69) is 9.17 Å². The maximum absolute atomic E-state index is 12.3. The van der Waals surface area contributed by atoms with E-state index in [0.29, 0.717) is 5.56 Å². The molecule has 0 amide bonds. The molecule has 1 aromatic carbocycles. The molecule has 4 nitrogen and oxygen atoms in total. The fourth-order valence-corrected chi connectivity index (χ4v) is 1.93. The first kappa shape index (κ1) is 14.3. The van der Waals surface area contributed by atoms with Gasteiger partial charge < -0.3 is 4.18 Å². The van der Waals surface area contributed by atoms with Crippen LogP contribution in [0.2, 0.25) is 0 Å². The molecule has 0 bridgehead atoms. The van der Waals surface area contributed by atoms with Crippen molar-refractivity contribution in [1.29, 1.82) is 0 Å². The Hall–Kier alpha value is -2.09. The van der Waals surface area contributed by atoms with E-state index < -0.39 is 21.4 Å². The van der Waals surface area contributed by atoms with Gasteiger partial charge in [-0.15, -0.1) is 0 Å². The van der Waals surface area contributed by atoms with Crippen LogP contribution in [0.1, 0.15) is 0 Å². The van der Waals surface area contributed by atoms with Gasteiger partial charge in [0.1, 0.15) is 0 Å². The monoisotopic (exact) mass is 303 g/mol. The molecule has 0 unspecified atom stereocenters. The van der Waals surface area contributed by atoms with E-state index in [1.165, 1.54) is 6.20 Å². The summed E-state index contributed by atoms with van der Waals surface area (Å²) in [5, 5.41) is 0. The lowest BCUT2D eigenvalue weighted by atomic mass is 10.1. The molecule has 0 spiro atoms. The maximum atomic E-state index is 12.3. The SMILES string of the molecule is O=S(=O)(Oc1ccncc1-c1ccccc1)C(F)(F)F. The summed E-state index contributed by atoms with van der Waals surface area (Å²) in [6.07, 6.45) is 2.38. The van der Waals surface area contributed by atoms with E-state index in [1.807, 2.05) is 0 Å². The van der Waals surface area contributed by atoms with Crippen molar-refractivity contribution in [2.45, 2.75) is 5.51 Å². The molecule has 0 radical (unpaired) electrons. The lowest BCUT2D eigenvalue weighted by molar-refractivity contribution is -0.0499. The van der Waals surface area contributed by atoms with Gasteiger partial charge in [-0.2, -0.15) is 21.6 Å². The average molecular weight is 303 g/mol. The van der Waals surface area contributed by atoms with Crippen LogP contribution < -0.4 is 4.18 Å². The quantitative estimate of drug-likeness (QED) is 0.646. The number of benzene rings is 1. The molecule has 0 N–H and O–H groups in total. The predicted molar refractivity (Wildman–Crippen MR) is 65.3 cm³/mol. The van der Waals surface area contributed by atoms with Gasteiger partial charge in [0, 0.05) is 24.0 Å². The molecule has 0 fully saturated rings. The number of hydrogen-bond donors (Lipinski definition) is 0. The minimum Gasteiger partial charge on any atom is -0.375 e. The van der Waals surface area contributed by atoms with Gasteiger partial charge in [0.25, 0.3) is 0 Å². The highest BCUT2D eigenvalue weighted by Crippen LogP contribution is 2.33. The molecular weight excluding hydrogens is 295 g/mol. The molecule has 8 heteroatoms. The summed E-state index contributed by atoms with van der Waals surface area (Å²) in [6.45, 7) is 0. The van der Waals surface area contributed by atoms with Gasteiger partial charge >= 0.3 is 15.6 Å². The number of hydrogen-bond acceptors (Lipinski definition) is 4. The van der Waals surface area contributed by atoms with Gasteiger partial charge in [0.15, 0.2) is 5.75 Å². The van der Waals surface area contributed by atoms with Gasteiger partial charge in [-0.3, -0.25) is 4.98 Å². The second-order valence-electron chi connectivity index (χ2n) is 3.72. The lowest BCUT2D eigenvalue weighted by Gasteiger charge is -2.12. The first-order valence-electron chi connectivity index (χ1n) is 5.31. The maximum Gasteiger partial charge on any atom is 0.534 e. The Labute approximate surface area is 113 Å². The third kappa shape index (κ3) is 2.90. The fraction of sp³-hybridized carbons (Fsp3) is 0.0833. The number of aromatic nitrogens is 1. The number of halogens is 3. The zero-order valence-electron chi connectivity index (χ0n) is 9.83. The van der Waals surface area contributed by atoms with Gasteiger partial charge in [-0.25, -0.2) is 0 Å². The van der Waals surface area contributed by atoms with E-state index in [4.69, 9.17) is 0 Å². The van der Waals surface area contributed by atoms with E-state index in [1.54, 1.807) is 30.3 Å². The molecule has 0 atom stereocenters. The Morgan fingerprint density at radius 1 is 1.05 bits per heavy atom. The summed E-state index contributed by atoms with van der Waals surface area (Å²) in [6, 6.07) is 9.29. The first-order valence-corrected chi connectivity index (χ1v) is 6.72. The second kappa shape index (κ2) is 5.12.